The number of benzene rings is 2. The summed E-state index contributed by atoms with van der Waals surface area (Å²) in [6.45, 7) is 4.48. The molecular weight excluding hydrogens is 248 g/mol. The summed E-state index contributed by atoms with van der Waals surface area (Å²) in [7, 11) is 0. The summed E-state index contributed by atoms with van der Waals surface area (Å²) in [5.74, 6) is 1.05. The molecule has 1 heteroatoms. The van der Waals surface area contributed by atoms with Gasteiger partial charge in [-0.3, -0.25) is 0 Å². The van der Waals surface area contributed by atoms with Crippen molar-refractivity contribution in [1.82, 2.24) is 0 Å². The molecule has 0 aliphatic carbocycles. The Morgan fingerprint density at radius 1 is 0.895 bits per heavy atom. The molecule has 2 aromatic carbocycles. The highest BCUT2D eigenvalue weighted by Gasteiger charge is 2.04. The molecule has 19 heavy (non-hydrogen) atoms. The highest BCUT2D eigenvalue weighted by Crippen LogP contribution is 2.24. The van der Waals surface area contributed by atoms with Crippen LogP contribution < -0.4 is 0 Å². The van der Waals surface area contributed by atoms with Crippen LogP contribution in [0.25, 0.3) is 5.57 Å². The largest absolute Gasteiger partial charge is 0.155 e. The molecule has 0 aliphatic heterocycles. The van der Waals surface area contributed by atoms with E-state index in [9.17, 15) is 0 Å². The topological polar surface area (TPSA) is 0 Å². The molecule has 0 atom stereocenters. The van der Waals surface area contributed by atoms with Crippen LogP contribution in [0.2, 0.25) is 0 Å². The van der Waals surface area contributed by atoms with Crippen molar-refractivity contribution in [3.8, 4) is 0 Å². The maximum atomic E-state index is 2.34. The second kappa shape index (κ2) is 7.20. The van der Waals surface area contributed by atoms with E-state index in [-0.39, 0.29) is 0 Å². The molecule has 0 N–H and O–H groups in total. The van der Waals surface area contributed by atoms with E-state index >= 15 is 0 Å². The van der Waals surface area contributed by atoms with Gasteiger partial charge in [0, 0.05) is 5.75 Å². The summed E-state index contributed by atoms with van der Waals surface area (Å²) in [5, 5.41) is 0.670. The van der Waals surface area contributed by atoms with Crippen LogP contribution in [0.15, 0.2) is 66.7 Å². The Labute approximate surface area is 120 Å². The fraction of sp³-hybridized carbons (Fsp3) is 0.222. The van der Waals surface area contributed by atoms with Crippen molar-refractivity contribution in [1.29, 1.82) is 0 Å². The van der Waals surface area contributed by atoms with Crippen LogP contribution in [-0.4, -0.2) is 11.0 Å². The standard InChI is InChI=1S/C18H20S/c1-15(2)19-14-13-18(16-9-5-3-6-10-16)17-11-7-4-8-12-17/h3-13,15H,14H2,1-2H3. The number of rotatable bonds is 5. The first-order valence-corrected chi connectivity index (χ1v) is 7.75. The van der Waals surface area contributed by atoms with Crippen LogP contribution >= 0.6 is 11.8 Å². The van der Waals surface area contributed by atoms with E-state index < -0.39 is 0 Å². The van der Waals surface area contributed by atoms with Gasteiger partial charge in [-0.15, -0.1) is 0 Å². The summed E-state index contributed by atoms with van der Waals surface area (Å²) < 4.78 is 0. The lowest BCUT2D eigenvalue weighted by Gasteiger charge is -2.09. The van der Waals surface area contributed by atoms with Gasteiger partial charge in [-0.05, 0) is 21.9 Å². The molecule has 2 rings (SSSR count). The molecular formula is C18H20S. The van der Waals surface area contributed by atoms with Crippen LogP contribution in [0, 0.1) is 0 Å². The molecule has 98 valence electrons. The average molecular weight is 268 g/mol. The van der Waals surface area contributed by atoms with Gasteiger partial charge in [0.1, 0.15) is 0 Å². The fourth-order valence-corrected chi connectivity index (χ4v) is 2.61. The van der Waals surface area contributed by atoms with Gasteiger partial charge in [0.25, 0.3) is 0 Å². The second-order valence-corrected chi connectivity index (χ2v) is 6.34. The Morgan fingerprint density at radius 2 is 1.37 bits per heavy atom. The molecule has 2 aromatic rings. The molecule has 0 amide bonds. The minimum atomic E-state index is 0.670. The summed E-state index contributed by atoms with van der Waals surface area (Å²) in [6, 6.07) is 21.2. The Kier molecular flexibility index (Phi) is 5.29. The first kappa shape index (κ1) is 14.0. The third-order valence-electron chi connectivity index (χ3n) is 2.89. The van der Waals surface area contributed by atoms with E-state index in [2.05, 4.69) is 80.6 Å². The normalized spacial score (nSPS) is 10.5. The fourth-order valence-electron chi connectivity index (χ4n) is 1.96. The van der Waals surface area contributed by atoms with Crippen LogP contribution in [0.1, 0.15) is 25.0 Å². The van der Waals surface area contributed by atoms with Crippen molar-refractivity contribution in [3.05, 3.63) is 77.9 Å². The molecule has 0 aliphatic rings. The molecule has 0 saturated heterocycles. The average Bonchev–Trinajstić information content (AvgIpc) is 2.45. The SMILES string of the molecule is CC(C)SCC=C(c1ccccc1)c1ccccc1. The van der Waals surface area contributed by atoms with Gasteiger partial charge in [-0.25, -0.2) is 0 Å². The Bertz CT molecular complexity index is 470. The monoisotopic (exact) mass is 268 g/mol. The van der Waals surface area contributed by atoms with E-state index in [0.717, 1.165) is 5.75 Å². The smallest absolute Gasteiger partial charge is 0.0125 e. The van der Waals surface area contributed by atoms with Crippen LogP contribution in [-0.2, 0) is 0 Å². The van der Waals surface area contributed by atoms with Gasteiger partial charge in [0.2, 0.25) is 0 Å². The van der Waals surface area contributed by atoms with E-state index in [0.29, 0.717) is 5.25 Å². The predicted octanol–water partition coefficient (Wildman–Crippen LogP) is 5.26. The zero-order valence-electron chi connectivity index (χ0n) is 11.5. The zero-order valence-corrected chi connectivity index (χ0v) is 12.4. The molecule has 0 radical (unpaired) electrons. The van der Waals surface area contributed by atoms with E-state index in [1.807, 2.05) is 11.8 Å². The lowest BCUT2D eigenvalue weighted by atomic mass is 9.98. The summed E-state index contributed by atoms with van der Waals surface area (Å²) in [6.07, 6.45) is 2.34. The summed E-state index contributed by atoms with van der Waals surface area (Å²) in [5.41, 5.74) is 3.91. The quantitative estimate of drug-likeness (QED) is 0.712. The lowest BCUT2D eigenvalue weighted by Crippen LogP contribution is -1.91. The Morgan fingerprint density at radius 3 is 1.79 bits per heavy atom. The molecule has 0 spiro atoms. The predicted molar refractivity (Wildman–Crippen MR) is 87.6 cm³/mol. The van der Waals surface area contributed by atoms with Gasteiger partial charge in [0.15, 0.2) is 0 Å². The number of hydrogen-bond acceptors (Lipinski definition) is 1. The maximum absolute atomic E-state index is 2.34. The summed E-state index contributed by atoms with van der Waals surface area (Å²) in [4.78, 5) is 0. The minimum absolute atomic E-state index is 0.670. The maximum Gasteiger partial charge on any atom is 0.0125 e. The van der Waals surface area contributed by atoms with Crippen LogP contribution in [0.3, 0.4) is 0 Å². The second-order valence-electron chi connectivity index (χ2n) is 4.73. The Hall–Kier alpha value is -1.47. The zero-order chi connectivity index (χ0) is 13.5. The van der Waals surface area contributed by atoms with Crippen molar-refractivity contribution >= 4 is 17.3 Å². The van der Waals surface area contributed by atoms with Crippen molar-refractivity contribution in [3.63, 3.8) is 0 Å². The third-order valence-corrected chi connectivity index (χ3v) is 3.91. The van der Waals surface area contributed by atoms with Crippen molar-refractivity contribution in [2.45, 2.75) is 19.1 Å². The number of hydrogen-bond donors (Lipinski definition) is 0. The van der Waals surface area contributed by atoms with E-state index in [1.165, 1.54) is 16.7 Å². The van der Waals surface area contributed by atoms with E-state index in [4.69, 9.17) is 0 Å². The van der Waals surface area contributed by atoms with E-state index in [1.54, 1.807) is 0 Å². The van der Waals surface area contributed by atoms with Gasteiger partial charge in [0.05, 0.1) is 0 Å². The molecule has 0 fully saturated rings. The first-order chi connectivity index (χ1) is 9.27. The van der Waals surface area contributed by atoms with Gasteiger partial charge in [-0.1, -0.05) is 80.6 Å². The third kappa shape index (κ3) is 4.29. The first-order valence-electron chi connectivity index (χ1n) is 6.70. The van der Waals surface area contributed by atoms with Crippen molar-refractivity contribution in [2.24, 2.45) is 0 Å². The Balaban J connectivity index is 2.29. The summed E-state index contributed by atoms with van der Waals surface area (Å²) >= 11 is 1.97. The molecule has 0 unspecified atom stereocenters. The number of thioether (sulfide) groups is 1. The van der Waals surface area contributed by atoms with Crippen molar-refractivity contribution < 1.29 is 0 Å². The highest BCUT2D eigenvalue weighted by atomic mass is 32.2. The highest BCUT2D eigenvalue weighted by molar-refractivity contribution is 8.00. The minimum Gasteiger partial charge on any atom is -0.155 e. The van der Waals surface area contributed by atoms with Gasteiger partial charge >= 0.3 is 0 Å². The van der Waals surface area contributed by atoms with Gasteiger partial charge < -0.3 is 0 Å². The van der Waals surface area contributed by atoms with Crippen molar-refractivity contribution in [2.75, 3.05) is 5.75 Å². The van der Waals surface area contributed by atoms with Crippen LogP contribution in [0.5, 0.6) is 0 Å². The molecule has 0 saturated carbocycles. The van der Waals surface area contributed by atoms with Gasteiger partial charge in [-0.2, -0.15) is 11.8 Å². The molecule has 0 heterocycles. The molecule has 0 nitrogen and oxygen atoms in total. The van der Waals surface area contributed by atoms with Crippen LogP contribution in [0.4, 0.5) is 0 Å². The molecule has 0 bridgehead atoms. The lowest BCUT2D eigenvalue weighted by molar-refractivity contribution is 1.11. The molecule has 0 aromatic heterocycles.